The molecule has 1 amide bonds. The Bertz CT molecular complexity index is 875. The van der Waals surface area contributed by atoms with Gasteiger partial charge in [0.1, 0.15) is 5.02 Å². The molecule has 2 aromatic carbocycles. The number of carbonyl (C=O) groups excluding carboxylic acids is 1. The number of hydrogen-bond donors (Lipinski definition) is 1. The van der Waals surface area contributed by atoms with Gasteiger partial charge in [-0.3, -0.25) is 14.9 Å². The number of hydrazone groups is 1. The van der Waals surface area contributed by atoms with Crippen LogP contribution in [-0.2, 0) is 0 Å². The van der Waals surface area contributed by atoms with Crippen LogP contribution in [0.1, 0.15) is 15.9 Å². The van der Waals surface area contributed by atoms with Gasteiger partial charge < -0.3 is 14.2 Å². The van der Waals surface area contributed by atoms with Gasteiger partial charge in [0, 0.05) is 17.2 Å². The molecule has 0 aliphatic carbocycles. The van der Waals surface area contributed by atoms with Crippen LogP contribution < -0.4 is 19.6 Å². The van der Waals surface area contributed by atoms with E-state index in [4.69, 9.17) is 25.8 Å². The van der Waals surface area contributed by atoms with E-state index in [0.29, 0.717) is 22.8 Å². The first kappa shape index (κ1) is 20.0. The molecule has 0 bridgehead atoms. The van der Waals surface area contributed by atoms with E-state index in [1.165, 1.54) is 39.7 Å². The van der Waals surface area contributed by atoms with Crippen LogP contribution in [0, 0.1) is 10.1 Å². The molecule has 142 valence electrons. The zero-order chi connectivity index (χ0) is 20.0. The third kappa shape index (κ3) is 4.64. The molecule has 0 heterocycles. The molecule has 2 aromatic rings. The van der Waals surface area contributed by atoms with Crippen molar-refractivity contribution in [1.29, 1.82) is 0 Å². The number of carbonyl (C=O) groups is 1. The fourth-order valence-electron chi connectivity index (χ4n) is 2.20. The van der Waals surface area contributed by atoms with Crippen LogP contribution in [0.2, 0.25) is 5.02 Å². The van der Waals surface area contributed by atoms with Crippen LogP contribution in [0.25, 0.3) is 0 Å². The number of nitrogens with one attached hydrogen (secondary N) is 1. The number of nitro benzene ring substituents is 1. The van der Waals surface area contributed by atoms with Crippen LogP contribution in [0.15, 0.2) is 35.4 Å². The van der Waals surface area contributed by atoms with Gasteiger partial charge in [-0.05, 0) is 24.3 Å². The number of rotatable bonds is 7. The van der Waals surface area contributed by atoms with Crippen molar-refractivity contribution in [2.24, 2.45) is 5.10 Å². The number of hydrogen-bond acceptors (Lipinski definition) is 7. The first-order valence-electron chi connectivity index (χ1n) is 7.48. The molecule has 0 saturated carbocycles. The highest BCUT2D eigenvalue weighted by Crippen LogP contribution is 2.37. The molecule has 0 unspecified atom stereocenters. The molecule has 10 heteroatoms. The van der Waals surface area contributed by atoms with Gasteiger partial charge in [0.05, 0.1) is 32.5 Å². The van der Waals surface area contributed by atoms with E-state index in [1.807, 2.05) is 0 Å². The van der Waals surface area contributed by atoms with Crippen LogP contribution in [0.3, 0.4) is 0 Å². The largest absolute Gasteiger partial charge is 0.493 e. The number of nitrogens with zero attached hydrogens (tertiary/aromatic N) is 2. The molecule has 1 N–H and O–H groups in total. The maximum atomic E-state index is 12.1. The first-order valence-corrected chi connectivity index (χ1v) is 7.86. The van der Waals surface area contributed by atoms with E-state index >= 15 is 0 Å². The maximum Gasteiger partial charge on any atom is 0.288 e. The fraction of sp³-hybridized carbons (Fsp3) is 0.176. The Balaban J connectivity index is 2.19. The number of methoxy groups -OCH3 is 3. The smallest absolute Gasteiger partial charge is 0.288 e. The summed E-state index contributed by atoms with van der Waals surface area (Å²) < 4.78 is 15.7. The van der Waals surface area contributed by atoms with Crippen molar-refractivity contribution in [2.75, 3.05) is 21.3 Å². The van der Waals surface area contributed by atoms with Crippen LogP contribution in [-0.4, -0.2) is 38.4 Å². The average molecular weight is 394 g/mol. The summed E-state index contributed by atoms with van der Waals surface area (Å²) in [5.41, 5.74) is 2.55. The summed E-state index contributed by atoms with van der Waals surface area (Å²) in [6, 6.07) is 7.00. The Labute approximate surface area is 159 Å². The zero-order valence-corrected chi connectivity index (χ0v) is 15.4. The lowest BCUT2D eigenvalue weighted by molar-refractivity contribution is -0.384. The molecule has 0 aromatic heterocycles. The molecule has 0 aliphatic rings. The summed E-state index contributed by atoms with van der Waals surface area (Å²) in [7, 11) is 4.44. The standard InChI is InChI=1S/C17H16ClN3O6/c1-25-14-6-10(7-15(26-2)16(14)27-3)9-19-20-17(22)11-4-5-12(18)13(8-11)21(23)24/h4-9H,1-3H3,(H,20,22). The van der Waals surface area contributed by atoms with Gasteiger partial charge in [-0.15, -0.1) is 0 Å². The van der Waals surface area contributed by atoms with Crippen LogP contribution in [0.4, 0.5) is 5.69 Å². The van der Waals surface area contributed by atoms with E-state index < -0.39 is 10.8 Å². The third-order valence-electron chi connectivity index (χ3n) is 3.47. The SMILES string of the molecule is COc1cc(C=NNC(=O)c2ccc(Cl)c([N+](=O)[O-])c2)cc(OC)c1OC. The molecule has 0 spiro atoms. The molecule has 0 fully saturated rings. The second kappa shape index (κ2) is 8.86. The fourth-order valence-corrected chi connectivity index (χ4v) is 2.39. The van der Waals surface area contributed by atoms with Gasteiger partial charge in [0.2, 0.25) is 5.75 Å². The molecular formula is C17H16ClN3O6. The Morgan fingerprint density at radius 1 is 1.15 bits per heavy atom. The molecule has 9 nitrogen and oxygen atoms in total. The summed E-state index contributed by atoms with van der Waals surface area (Å²) in [6.45, 7) is 0. The summed E-state index contributed by atoms with van der Waals surface area (Å²) in [4.78, 5) is 22.3. The third-order valence-corrected chi connectivity index (χ3v) is 3.79. The first-order chi connectivity index (χ1) is 12.9. The monoisotopic (exact) mass is 393 g/mol. The van der Waals surface area contributed by atoms with Gasteiger partial charge in [-0.25, -0.2) is 5.43 Å². The maximum absolute atomic E-state index is 12.1. The highest BCUT2D eigenvalue weighted by atomic mass is 35.5. The van der Waals surface area contributed by atoms with Gasteiger partial charge in [-0.2, -0.15) is 5.10 Å². The summed E-state index contributed by atoms with van der Waals surface area (Å²) in [6.07, 6.45) is 1.37. The quantitative estimate of drug-likeness (QED) is 0.439. The second-order valence-corrected chi connectivity index (χ2v) is 5.49. The van der Waals surface area contributed by atoms with E-state index in [1.54, 1.807) is 12.1 Å². The van der Waals surface area contributed by atoms with E-state index in [2.05, 4.69) is 10.5 Å². The minimum absolute atomic E-state index is 0.0492. The number of benzene rings is 2. The van der Waals surface area contributed by atoms with Crippen molar-refractivity contribution < 1.29 is 23.9 Å². The van der Waals surface area contributed by atoms with Gasteiger partial charge in [0.25, 0.3) is 11.6 Å². The lowest BCUT2D eigenvalue weighted by atomic mass is 10.2. The van der Waals surface area contributed by atoms with Gasteiger partial charge in [0.15, 0.2) is 11.5 Å². The zero-order valence-electron chi connectivity index (χ0n) is 14.7. The van der Waals surface area contributed by atoms with Crippen molar-refractivity contribution in [3.05, 3.63) is 56.6 Å². The van der Waals surface area contributed by atoms with Gasteiger partial charge >= 0.3 is 0 Å². The van der Waals surface area contributed by atoms with Crippen molar-refractivity contribution in [2.45, 2.75) is 0 Å². The number of amides is 1. The minimum atomic E-state index is -0.668. The number of nitro groups is 1. The van der Waals surface area contributed by atoms with Gasteiger partial charge in [-0.1, -0.05) is 11.6 Å². The predicted octanol–water partition coefficient (Wildman–Crippen LogP) is 3.04. The van der Waals surface area contributed by atoms with Crippen molar-refractivity contribution in [1.82, 2.24) is 5.43 Å². The van der Waals surface area contributed by atoms with Crippen LogP contribution >= 0.6 is 11.6 Å². The normalized spacial score (nSPS) is 10.5. The topological polar surface area (TPSA) is 112 Å². The van der Waals surface area contributed by atoms with Crippen molar-refractivity contribution >= 4 is 29.4 Å². The summed E-state index contributed by atoms with van der Waals surface area (Å²) >= 11 is 5.73. The lowest BCUT2D eigenvalue weighted by Gasteiger charge is -2.12. The molecule has 0 saturated heterocycles. The second-order valence-electron chi connectivity index (χ2n) is 5.08. The van der Waals surface area contributed by atoms with E-state index in [-0.39, 0.29) is 16.3 Å². The minimum Gasteiger partial charge on any atom is -0.493 e. The highest BCUT2D eigenvalue weighted by molar-refractivity contribution is 6.32. The van der Waals surface area contributed by atoms with E-state index in [9.17, 15) is 14.9 Å². The molecule has 0 radical (unpaired) electrons. The summed E-state index contributed by atoms with van der Waals surface area (Å²) in [5.74, 6) is 0.657. The molecule has 27 heavy (non-hydrogen) atoms. The van der Waals surface area contributed by atoms with Crippen molar-refractivity contribution in [3.8, 4) is 17.2 Å². The Kier molecular flexibility index (Phi) is 6.56. The van der Waals surface area contributed by atoms with Crippen LogP contribution in [0.5, 0.6) is 17.2 Å². The highest BCUT2D eigenvalue weighted by Gasteiger charge is 2.16. The number of halogens is 1. The predicted molar refractivity (Wildman–Crippen MR) is 99.3 cm³/mol. The molecule has 0 aliphatic heterocycles. The molecule has 2 rings (SSSR count). The Morgan fingerprint density at radius 2 is 1.78 bits per heavy atom. The lowest BCUT2D eigenvalue weighted by Crippen LogP contribution is -2.17. The number of ether oxygens (including phenoxy) is 3. The molecule has 0 atom stereocenters. The van der Waals surface area contributed by atoms with Crippen molar-refractivity contribution in [3.63, 3.8) is 0 Å². The molecular weight excluding hydrogens is 378 g/mol. The average Bonchev–Trinajstić information content (AvgIpc) is 2.66. The Morgan fingerprint density at radius 3 is 2.30 bits per heavy atom. The summed E-state index contributed by atoms with van der Waals surface area (Å²) in [5, 5.41) is 14.7. The van der Waals surface area contributed by atoms with E-state index in [0.717, 1.165) is 6.07 Å². The Hall–Kier alpha value is -3.33.